The molecule has 0 radical (unpaired) electrons. The Morgan fingerprint density at radius 2 is 1.44 bits per heavy atom. The first-order valence-corrected chi connectivity index (χ1v) is 7.42. The van der Waals surface area contributed by atoms with E-state index in [0.29, 0.717) is 0 Å². The highest BCUT2D eigenvalue weighted by atomic mass is 32.2. The van der Waals surface area contributed by atoms with Gasteiger partial charge in [-0.3, -0.25) is 0 Å². The fourth-order valence-electron chi connectivity index (χ4n) is 1.51. The Balaban J connectivity index is 3.06. The van der Waals surface area contributed by atoms with Gasteiger partial charge in [-0.25, -0.2) is 0 Å². The molecule has 0 aliphatic carbocycles. The quantitative estimate of drug-likeness (QED) is 0.833. The van der Waals surface area contributed by atoms with E-state index in [0.717, 1.165) is 5.56 Å². The second kappa shape index (κ2) is 4.63. The summed E-state index contributed by atoms with van der Waals surface area (Å²) in [4.78, 5) is 0. The summed E-state index contributed by atoms with van der Waals surface area (Å²) in [5.74, 6) is 0. The van der Waals surface area contributed by atoms with Crippen LogP contribution >= 0.6 is 0 Å². The van der Waals surface area contributed by atoms with Crippen LogP contribution in [0.25, 0.3) is 0 Å². The molecule has 0 atom stereocenters. The highest BCUT2D eigenvalue weighted by Gasteiger charge is 2.28. The Hall–Kier alpha value is -0.940. The second-order valence-corrected chi connectivity index (χ2v) is 8.10. The molecule has 102 valence electrons. The lowest BCUT2D eigenvalue weighted by atomic mass is 9.88. The van der Waals surface area contributed by atoms with Crippen molar-refractivity contribution in [1.82, 2.24) is 4.72 Å². The first-order valence-electron chi connectivity index (χ1n) is 5.98. The van der Waals surface area contributed by atoms with E-state index in [4.69, 9.17) is 0 Å². The zero-order valence-corrected chi connectivity index (χ0v) is 12.8. The third-order valence-corrected chi connectivity index (χ3v) is 4.05. The monoisotopic (exact) mass is 271 g/mol. The van der Waals surface area contributed by atoms with Gasteiger partial charge in [0.05, 0.1) is 0 Å². The van der Waals surface area contributed by atoms with Crippen molar-refractivity contribution in [1.29, 1.82) is 0 Å². The summed E-state index contributed by atoms with van der Waals surface area (Å²) in [5.41, 5.74) is 0.624. The van der Waals surface area contributed by atoms with Gasteiger partial charge in [0.15, 0.2) is 12.4 Å². The number of aromatic nitrogens is 1. The van der Waals surface area contributed by atoms with Gasteiger partial charge < -0.3 is 0 Å². The summed E-state index contributed by atoms with van der Waals surface area (Å²) in [6.45, 7) is 11.7. The number of nitrogens with zero attached hydrogens (tertiary/aromatic N) is 1. The van der Waals surface area contributed by atoms with Crippen molar-refractivity contribution in [2.75, 3.05) is 0 Å². The minimum atomic E-state index is -3.51. The van der Waals surface area contributed by atoms with E-state index in [9.17, 15) is 8.42 Å². The number of pyridine rings is 1. The van der Waals surface area contributed by atoms with Gasteiger partial charge in [0.25, 0.3) is 0 Å². The van der Waals surface area contributed by atoms with E-state index in [1.165, 1.54) is 3.97 Å². The fraction of sp³-hybridized carbons (Fsp3) is 0.615. The highest BCUT2D eigenvalue weighted by molar-refractivity contribution is 7.82. The lowest BCUT2D eigenvalue weighted by Crippen LogP contribution is -2.55. The maximum atomic E-state index is 12.1. The molecular weight excluding hydrogens is 248 g/mol. The average molecular weight is 271 g/mol. The van der Waals surface area contributed by atoms with E-state index in [1.807, 2.05) is 32.9 Å². The normalized spacial score (nSPS) is 13.7. The van der Waals surface area contributed by atoms with Crippen molar-refractivity contribution in [2.24, 2.45) is 0 Å². The molecule has 0 bridgehead atoms. The zero-order valence-electron chi connectivity index (χ0n) is 12.0. The standard InChI is InChI=1S/C13H23N2O2S/c1-12(2,3)11-7-9-15(10-8-11)18(16,17)14-13(4,5)6/h7-10,14H,1-6H3/q+1. The van der Waals surface area contributed by atoms with Crippen LogP contribution in [0.4, 0.5) is 0 Å². The average Bonchev–Trinajstić information content (AvgIpc) is 2.13. The van der Waals surface area contributed by atoms with Gasteiger partial charge in [-0.2, -0.15) is 4.72 Å². The maximum absolute atomic E-state index is 12.1. The van der Waals surface area contributed by atoms with Gasteiger partial charge in [0.2, 0.25) is 0 Å². The molecule has 18 heavy (non-hydrogen) atoms. The number of rotatable bonds is 2. The molecule has 1 N–H and O–H groups in total. The fourth-order valence-corrected chi connectivity index (χ4v) is 2.83. The summed E-state index contributed by atoms with van der Waals surface area (Å²) in [6, 6.07) is 3.67. The van der Waals surface area contributed by atoms with Crippen LogP contribution in [0.5, 0.6) is 0 Å². The van der Waals surface area contributed by atoms with Crippen LogP contribution in [0.15, 0.2) is 24.5 Å². The number of hydrogen-bond acceptors (Lipinski definition) is 2. The van der Waals surface area contributed by atoms with Crippen molar-refractivity contribution in [3.63, 3.8) is 0 Å². The van der Waals surface area contributed by atoms with Crippen LogP contribution < -0.4 is 8.69 Å². The predicted octanol–water partition coefficient (Wildman–Crippen LogP) is 1.75. The Labute approximate surface area is 110 Å². The molecule has 4 nitrogen and oxygen atoms in total. The molecule has 0 saturated carbocycles. The molecule has 0 saturated heterocycles. The molecule has 0 amide bonds. The molecule has 5 heteroatoms. The van der Waals surface area contributed by atoms with Crippen molar-refractivity contribution in [2.45, 2.75) is 52.5 Å². The topological polar surface area (TPSA) is 50.1 Å². The van der Waals surface area contributed by atoms with E-state index >= 15 is 0 Å². The summed E-state index contributed by atoms with van der Waals surface area (Å²) in [7, 11) is -3.51. The number of nitrogens with one attached hydrogen (secondary N) is 1. The van der Waals surface area contributed by atoms with E-state index in [-0.39, 0.29) is 5.41 Å². The smallest absolute Gasteiger partial charge is 0.154 e. The van der Waals surface area contributed by atoms with Gasteiger partial charge in [-0.15, -0.1) is 8.42 Å². The Morgan fingerprint density at radius 1 is 1.00 bits per heavy atom. The van der Waals surface area contributed by atoms with Crippen LogP contribution in [0, 0.1) is 0 Å². The summed E-state index contributed by atoms with van der Waals surface area (Å²) in [5, 5.41) is 0. The molecular formula is C13H23N2O2S+. The Bertz CT molecular complexity index is 505. The molecule has 1 aromatic rings. The minimum Gasteiger partial charge on any atom is -0.154 e. The molecule has 0 unspecified atom stereocenters. The molecule has 0 spiro atoms. The van der Waals surface area contributed by atoms with E-state index in [1.54, 1.807) is 12.4 Å². The van der Waals surface area contributed by atoms with Crippen LogP contribution in [-0.2, 0) is 15.6 Å². The minimum absolute atomic E-state index is 0.0142. The lowest BCUT2D eigenvalue weighted by Gasteiger charge is -2.19. The zero-order chi connectivity index (χ0) is 14.2. The summed E-state index contributed by atoms with van der Waals surface area (Å²) >= 11 is 0. The molecule has 0 aliphatic heterocycles. The van der Waals surface area contributed by atoms with Crippen LogP contribution in [0.1, 0.15) is 47.1 Å². The van der Waals surface area contributed by atoms with Crippen LogP contribution in [0.3, 0.4) is 0 Å². The molecule has 1 heterocycles. The molecule has 0 aromatic carbocycles. The van der Waals surface area contributed by atoms with Gasteiger partial charge >= 0.3 is 10.2 Å². The van der Waals surface area contributed by atoms with Crippen molar-refractivity contribution < 1.29 is 12.4 Å². The first kappa shape index (κ1) is 15.1. The molecule has 1 rings (SSSR count). The van der Waals surface area contributed by atoms with Gasteiger partial charge in [0.1, 0.15) is 0 Å². The van der Waals surface area contributed by atoms with Crippen molar-refractivity contribution in [3.05, 3.63) is 30.1 Å². The van der Waals surface area contributed by atoms with Gasteiger partial charge in [-0.05, 0) is 31.7 Å². The predicted molar refractivity (Wildman–Crippen MR) is 72.5 cm³/mol. The van der Waals surface area contributed by atoms with Gasteiger partial charge in [0, 0.05) is 17.7 Å². The molecule has 1 aromatic heterocycles. The largest absolute Gasteiger partial charge is 0.445 e. The Morgan fingerprint density at radius 3 is 1.78 bits per heavy atom. The van der Waals surface area contributed by atoms with E-state index in [2.05, 4.69) is 25.5 Å². The second-order valence-electron chi connectivity index (χ2n) is 6.52. The summed E-state index contributed by atoms with van der Waals surface area (Å²) < 4.78 is 27.9. The maximum Gasteiger partial charge on any atom is 0.445 e. The lowest BCUT2D eigenvalue weighted by molar-refractivity contribution is -0.513. The third-order valence-electron chi connectivity index (χ3n) is 2.38. The van der Waals surface area contributed by atoms with Crippen LogP contribution in [0.2, 0.25) is 0 Å². The van der Waals surface area contributed by atoms with Crippen molar-refractivity contribution >= 4 is 10.2 Å². The highest BCUT2D eigenvalue weighted by Crippen LogP contribution is 2.20. The molecule has 0 aliphatic rings. The first-order chi connectivity index (χ1) is 7.92. The Kier molecular flexibility index (Phi) is 3.89. The van der Waals surface area contributed by atoms with E-state index < -0.39 is 15.7 Å². The van der Waals surface area contributed by atoms with Crippen molar-refractivity contribution in [3.8, 4) is 0 Å². The summed E-state index contributed by atoms with van der Waals surface area (Å²) in [6.07, 6.45) is 3.16. The van der Waals surface area contributed by atoms with Gasteiger partial charge in [-0.1, -0.05) is 24.7 Å². The molecule has 0 fully saturated rings. The SMILES string of the molecule is CC(C)(C)NS(=O)(=O)[n+]1ccc(C(C)(C)C)cc1. The third kappa shape index (κ3) is 4.07. The van der Waals surface area contributed by atoms with Crippen LogP contribution in [-0.4, -0.2) is 14.0 Å². The number of hydrogen-bond donors (Lipinski definition) is 1.